The van der Waals surface area contributed by atoms with Gasteiger partial charge in [-0.25, -0.2) is 13.8 Å². The van der Waals surface area contributed by atoms with Crippen LogP contribution in [0, 0.1) is 11.6 Å². The maximum Gasteiger partial charge on any atom is 0.212 e. The van der Waals surface area contributed by atoms with Gasteiger partial charge in [0.05, 0.1) is 12.8 Å². The van der Waals surface area contributed by atoms with Crippen LogP contribution in [0.3, 0.4) is 0 Å². The van der Waals surface area contributed by atoms with Gasteiger partial charge in [0.25, 0.3) is 0 Å². The van der Waals surface area contributed by atoms with E-state index in [0.29, 0.717) is 44.3 Å². The molecule has 0 spiro atoms. The fourth-order valence-electron chi connectivity index (χ4n) is 3.04. The first-order valence-corrected chi connectivity index (χ1v) is 8.75. The fourth-order valence-corrected chi connectivity index (χ4v) is 3.04. The molecule has 2 aromatic rings. The number of ether oxygens (including phenoxy) is 1. The lowest BCUT2D eigenvalue weighted by Crippen LogP contribution is -2.52. The lowest BCUT2D eigenvalue weighted by molar-refractivity contribution is 0.370. The number of pyridine rings is 1. The van der Waals surface area contributed by atoms with Crippen molar-refractivity contribution in [2.24, 2.45) is 4.99 Å². The molecule has 0 atom stereocenters. The highest BCUT2D eigenvalue weighted by Crippen LogP contribution is 2.22. The highest BCUT2D eigenvalue weighted by Gasteiger charge is 2.22. The Morgan fingerprint density at radius 2 is 1.93 bits per heavy atom. The minimum atomic E-state index is -0.431. The summed E-state index contributed by atoms with van der Waals surface area (Å²) in [6.45, 7) is 3.09. The molecule has 152 valence electrons. The quantitative estimate of drug-likeness (QED) is 0.395. The predicted octanol–water partition coefficient (Wildman–Crippen LogP) is 2.88. The van der Waals surface area contributed by atoms with Crippen LogP contribution in [-0.4, -0.2) is 56.2 Å². The second kappa shape index (κ2) is 10.4. The maximum atomic E-state index is 14.0. The van der Waals surface area contributed by atoms with Crippen LogP contribution in [0.4, 0.5) is 14.5 Å². The molecule has 1 fully saturated rings. The molecule has 1 aliphatic heterocycles. The first kappa shape index (κ1) is 22.1. The van der Waals surface area contributed by atoms with E-state index in [1.165, 1.54) is 12.1 Å². The third kappa shape index (κ3) is 5.43. The number of guanidine groups is 1. The lowest BCUT2D eigenvalue weighted by Gasteiger charge is -2.37. The number of nitrogens with one attached hydrogen (secondary N) is 1. The lowest BCUT2D eigenvalue weighted by atomic mass is 10.2. The van der Waals surface area contributed by atoms with Crippen molar-refractivity contribution in [2.75, 3.05) is 45.2 Å². The number of hydrogen-bond acceptors (Lipinski definition) is 4. The SMILES string of the molecule is CN=C(NCc1ccc(OC)nc1)N1CCN(c2cc(F)ccc2F)CC1.I. The van der Waals surface area contributed by atoms with Gasteiger partial charge in [-0.1, -0.05) is 6.07 Å². The van der Waals surface area contributed by atoms with E-state index in [9.17, 15) is 8.78 Å². The standard InChI is InChI=1S/C19H23F2N5O.HI/c1-22-19(24-13-14-3-6-18(27-2)23-12-14)26-9-7-25(8-10-26)17-11-15(20)4-5-16(17)21;/h3-6,11-12H,7-10,13H2,1-2H3,(H,22,24);1H. The third-order valence-electron chi connectivity index (χ3n) is 4.50. The van der Waals surface area contributed by atoms with Gasteiger partial charge >= 0.3 is 0 Å². The summed E-state index contributed by atoms with van der Waals surface area (Å²) in [6, 6.07) is 7.30. The zero-order valence-corrected chi connectivity index (χ0v) is 18.2. The molecule has 0 radical (unpaired) electrons. The van der Waals surface area contributed by atoms with E-state index in [-0.39, 0.29) is 24.0 Å². The minimum Gasteiger partial charge on any atom is -0.481 e. The molecule has 1 aliphatic rings. The summed E-state index contributed by atoms with van der Waals surface area (Å²) in [5, 5.41) is 3.31. The molecule has 3 rings (SSSR count). The smallest absolute Gasteiger partial charge is 0.212 e. The van der Waals surface area contributed by atoms with E-state index in [2.05, 4.69) is 20.2 Å². The van der Waals surface area contributed by atoms with Gasteiger partial charge in [-0.15, -0.1) is 24.0 Å². The van der Waals surface area contributed by atoms with Crippen LogP contribution in [0.5, 0.6) is 5.88 Å². The summed E-state index contributed by atoms with van der Waals surface area (Å²) < 4.78 is 32.4. The Morgan fingerprint density at radius 1 is 1.18 bits per heavy atom. The number of methoxy groups -OCH3 is 1. The Hall–Kier alpha value is -2.17. The molecule has 1 aromatic carbocycles. The average molecular weight is 503 g/mol. The Bertz CT molecular complexity index is 795. The predicted molar refractivity (Wildman–Crippen MR) is 117 cm³/mol. The third-order valence-corrected chi connectivity index (χ3v) is 4.50. The highest BCUT2D eigenvalue weighted by atomic mass is 127. The highest BCUT2D eigenvalue weighted by molar-refractivity contribution is 14.0. The van der Waals surface area contributed by atoms with Crippen molar-refractivity contribution in [1.29, 1.82) is 0 Å². The normalized spacial score (nSPS) is 14.5. The van der Waals surface area contributed by atoms with Gasteiger partial charge in [-0.2, -0.15) is 0 Å². The van der Waals surface area contributed by atoms with E-state index in [1.54, 1.807) is 20.4 Å². The van der Waals surface area contributed by atoms with Crippen LogP contribution in [0.25, 0.3) is 0 Å². The van der Waals surface area contributed by atoms with E-state index < -0.39 is 11.6 Å². The number of aliphatic imine (C=N–C) groups is 1. The van der Waals surface area contributed by atoms with Gasteiger partial charge in [0.15, 0.2) is 5.96 Å². The maximum absolute atomic E-state index is 14.0. The van der Waals surface area contributed by atoms with Crippen LogP contribution in [0.1, 0.15) is 5.56 Å². The number of benzene rings is 1. The first-order chi connectivity index (χ1) is 13.1. The topological polar surface area (TPSA) is 53.0 Å². The second-order valence-corrected chi connectivity index (χ2v) is 6.18. The molecule has 2 heterocycles. The number of rotatable bonds is 4. The van der Waals surface area contributed by atoms with Crippen molar-refractivity contribution in [3.63, 3.8) is 0 Å². The molecule has 0 aliphatic carbocycles. The van der Waals surface area contributed by atoms with Crippen LogP contribution < -0.4 is 15.0 Å². The van der Waals surface area contributed by atoms with Crippen molar-refractivity contribution >= 4 is 35.6 Å². The molecular formula is C19H24F2IN5O. The zero-order valence-electron chi connectivity index (χ0n) is 15.9. The second-order valence-electron chi connectivity index (χ2n) is 6.18. The van der Waals surface area contributed by atoms with Crippen LogP contribution >= 0.6 is 24.0 Å². The number of piperazine rings is 1. The first-order valence-electron chi connectivity index (χ1n) is 8.75. The van der Waals surface area contributed by atoms with Crippen molar-refractivity contribution < 1.29 is 13.5 Å². The summed E-state index contributed by atoms with van der Waals surface area (Å²) in [7, 11) is 3.31. The monoisotopic (exact) mass is 503 g/mol. The number of anilines is 1. The van der Waals surface area contributed by atoms with Gasteiger partial charge in [-0.3, -0.25) is 4.99 Å². The van der Waals surface area contributed by atoms with Crippen molar-refractivity contribution in [2.45, 2.75) is 6.54 Å². The molecule has 6 nitrogen and oxygen atoms in total. The fraction of sp³-hybridized carbons (Fsp3) is 0.368. The Balaban J connectivity index is 0.00000280. The van der Waals surface area contributed by atoms with Gasteiger partial charge in [0.1, 0.15) is 11.6 Å². The number of halogens is 3. The molecular weight excluding hydrogens is 479 g/mol. The van der Waals surface area contributed by atoms with Gasteiger partial charge in [-0.05, 0) is 17.7 Å². The molecule has 1 aromatic heterocycles. The summed E-state index contributed by atoms with van der Waals surface area (Å²) >= 11 is 0. The van der Waals surface area contributed by atoms with Crippen molar-refractivity contribution in [3.8, 4) is 5.88 Å². The average Bonchev–Trinajstić information content (AvgIpc) is 2.71. The zero-order chi connectivity index (χ0) is 19.2. The molecule has 0 unspecified atom stereocenters. The largest absolute Gasteiger partial charge is 0.481 e. The molecule has 1 N–H and O–H groups in total. The van der Waals surface area contributed by atoms with Gasteiger partial charge in [0.2, 0.25) is 5.88 Å². The van der Waals surface area contributed by atoms with Gasteiger partial charge in [0, 0.05) is 58.1 Å². The van der Waals surface area contributed by atoms with Gasteiger partial charge < -0.3 is 19.9 Å². The van der Waals surface area contributed by atoms with Crippen LogP contribution in [0.2, 0.25) is 0 Å². The molecule has 0 bridgehead atoms. The molecule has 9 heteroatoms. The molecule has 0 amide bonds. The molecule has 28 heavy (non-hydrogen) atoms. The van der Waals surface area contributed by atoms with E-state index in [0.717, 1.165) is 17.6 Å². The van der Waals surface area contributed by atoms with Crippen LogP contribution in [0.15, 0.2) is 41.5 Å². The van der Waals surface area contributed by atoms with E-state index in [1.807, 2.05) is 17.0 Å². The Morgan fingerprint density at radius 3 is 2.54 bits per heavy atom. The minimum absolute atomic E-state index is 0. The van der Waals surface area contributed by atoms with Crippen LogP contribution in [-0.2, 0) is 6.54 Å². The van der Waals surface area contributed by atoms with Crippen molar-refractivity contribution in [1.82, 2.24) is 15.2 Å². The summed E-state index contributed by atoms with van der Waals surface area (Å²) in [5.74, 6) is 0.507. The summed E-state index contributed by atoms with van der Waals surface area (Å²) in [5.41, 5.74) is 1.32. The number of nitrogens with zero attached hydrogens (tertiary/aromatic N) is 4. The molecule has 0 saturated carbocycles. The Labute approximate surface area is 180 Å². The number of aromatic nitrogens is 1. The summed E-state index contributed by atoms with van der Waals surface area (Å²) in [4.78, 5) is 12.5. The summed E-state index contributed by atoms with van der Waals surface area (Å²) in [6.07, 6.45) is 1.75. The van der Waals surface area contributed by atoms with E-state index in [4.69, 9.17) is 4.74 Å². The van der Waals surface area contributed by atoms with Crippen molar-refractivity contribution in [3.05, 3.63) is 53.7 Å². The number of hydrogen-bond donors (Lipinski definition) is 1. The molecule has 1 saturated heterocycles. The van der Waals surface area contributed by atoms with E-state index >= 15 is 0 Å². The Kier molecular flexibility index (Phi) is 8.21.